The fourth-order valence-corrected chi connectivity index (χ4v) is 2.33. The van der Waals surface area contributed by atoms with Gasteiger partial charge in [-0.3, -0.25) is 9.59 Å². The van der Waals surface area contributed by atoms with Crippen molar-refractivity contribution in [2.24, 2.45) is 0 Å². The molecule has 2 rings (SSSR count). The highest BCUT2D eigenvalue weighted by atomic mass is 79.9. The van der Waals surface area contributed by atoms with Gasteiger partial charge in [0.15, 0.2) is 18.9 Å². The second-order valence-corrected chi connectivity index (χ2v) is 5.25. The number of pyridine rings is 1. The number of carbonyl (C=O) groups excluding carboxylic acids is 2. The molecule has 0 atom stereocenters. The first kappa shape index (κ1) is 17.6. The minimum Gasteiger partial charge on any atom is -1.00 e. The van der Waals surface area contributed by atoms with E-state index in [1.807, 2.05) is 40.9 Å². The fraction of sp³-hybridized carbons (Fsp3) is 0.533. The number of nitrogens with zero attached hydrogens (tertiary/aromatic N) is 3. The van der Waals surface area contributed by atoms with Crippen LogP contribution in [0.3, 0.4) is 0 Å². The summed E-state index contributed by atoms with van der Waals surface area (Å²) < 4.78 is 2.02. The number of rotatable bonds is 3. The molecule has 0 spiro atoms. The van der Waals surface area contributed by atoms with Crippen LogP contribution < -0.4 is 21.5 Å². The Labute approximate surface area is 136 Å². The first-order valence-electron chi connectivity index (χ1n) is 7.05. The molecule has 1 aliphatic rings. The van der Waals surface area contributed by atoms with Crippen LogP contribution in [0.5, 0.6) is 0 Å². The lowest BCUT2D eigenvalue weighted by atomic mass is 10.2. The zero-order valence-electron chi connectivity index (χ0n) is 12.6. The van der Waals surface area contributed by atoms with E-state index >= 15 is 0 Å². The van der Waals surface area contributed by atoms with Gasteiger partial charge in [-0.25, -0.2) is 4.57 Å². The standard InChI is InChI=1S/C15H22N3O2.BrH/c1-13-3-6-16(7-4-13)8-5-15(20)18-11-9-17(10-12-18)14(2)19;/h3-4,6-7H,5,8-12H2,1-2H3;1H/q+1;/p-1. The van der Waals surface area contributed by atoms with Gasteiger partial charge in [0, 0.05) is 45.2 Å². The zero-order chi connectivity index (χ0) is 14.5. The van der Waals surface area contributed by atoms with Gasteiger partial charge < -0.3 is 26.8 Å². The van der Waals surface area contributed by atoms with Crippen molar-refractivity contribution in [2.75, 3.05) is 26.2 Å². The molecule has 0 radical (unpaired) electrons. The molecule has 6 heteroatoms. The second-order valence-electron chi connectivity index (χ2n) is 5.25. The van der Waals surface area contributed by atoms with Gasteiger partial charge in [-0.15, -0.1) is 0 Å². The van der Waals surface area contributed by atoms with Crippen molar-refractivity contribution < 1.29 is 31.1 Å². The van der Waals surface area contributed by atoms with Gasteiger partial charge in [-0.1, -0.05) is 0 Å². The molecule has 21 heavy (non-hydrogen) atoms. The number of piperazine rings is 1. The molecule has 2 amide bonds. The van der Waals surface area contributed by atoms with E-state index in [1.165, 1.54) is 5.56 Å². The summed E-state index contributed by atoms with van der Waals surface area (Å²) in [6.45, 7) is 6.92. The third-order valence-corrected chi connectivity index (χ3v) is 3.72. The van der Waals surface area contributed by atoms with Crippen LogP contribution in [0.15, 0.2) is 24.5 Å². The summed E-state index contributed by atoms with van der Waals surface area (Å²) in [5.74, 6) is 0.258. The van der Waals surface area contributed by atoms with Crippen LogP contribution in [0.25, 0.3) is 0 Å². The van der Waals surface area contributed by atoms with E-state index in [2.05, 4.69) is 0 Å². The predicted molar refractivity (Wildman–Crippen MR) is 74.8 cm³/mol. The summed E-state index contributed by atoms with van der Waals surface area (Å²) in [5.41, 5.74) is 1.22. The van der Waals surface area contributed by atoms with E-state index in [4.69, 9.17) is 0 Å². The van der Waals surface area contributed by atoms with Gasteiger partial charge in [-0.2, -0.15) is 0 Å². The highest BCUT2D eigenvalue weighted by Crippen LogP contribution is 2.04. The highest BCUT2D eigenvalue weighted by Gasteiger charge is 2.22. The smallest absolute Gasteiger partial charge is 0.229 e. The third kappa shape index (κ3) is 5.12. The summed E-state index contributed by atoms with van der Waals surface area (Å²) in [6, 6.07) is 4.08. The Balaban J connectivity index is 0.00000220. The molecule has 5 nitrogen and oxygen atoms in total. The van der Waals surface area contributed by atoms with Gasteiger partial charge in [0.25, 0.3) is 0 Å². The highest BCUT2D eigenvalue weighted by molar-refractivity contribution is 5.77. The Morgan fingerprint density at radius 2 is 1.62 bits per heavy atom. The molecule has 0 aromatic carbocycles. The van der Waals surface area contributed by atoms with Crippen molar-refractivity contribution in [1.82, 2.24) is 9.80 Å². The largest absolute Gasteiger partial charge is 1.00 e. The summed E-state index contributed by atoms with van der Waals surface area (Å²) in [7, 11) is 0. The quantitative estimate of drug-likeness (QED) is 0.557. The fourth-order valence-electron chi connectivity index (χ4n) is 2.33. The number of aromatic nitrogens is 1. The van der Waals surface area contributed by atoms with Crippen molar-refractivity contribution in [3.8, 4) is 0 Å². The Morgan fingerprint density at radius 1 is 1.10 bits per heavy atom. The van der Waals surface area contributed by atoms with Crippen molar-refractivity contribution in [2.45, 2.75) is 26.8 Å². The lowest BCUT2D eigenvalue weighted by molar-refractivity contribution is -0.696. The number of halogens is 1. The van der Waals surface area contributed by atoms with Crippen molar-refractivity contribution in [3.63, 3.8) is 0 Å². The minimum atomic E-state index is 0. The Bertz CT molecular complexity index is 482. The number of hydrogen-bond donors (Lipinski definition) is 0. The molecular weight excluding hydrogens is 334 g/mol. The Hall–Kier alpha value is -1.43. The lowest BCUT2D eigenvalue weighted by Gasteiger charge is -2.34. The lowest BCUT2D eigenvalue weighted by Crippen LogP contribution is -3.00. The molecule has 1 aromatic heterocycles. The Kier molecular flexibility index (Phi) is 6.81. The van der Waals surface area contributed by atoms with Crippen LogP contribution in [0.2, 0.25) is 0 Å². The molecule has 1 saturated heterocycles. The number of hydrogen-bond acceptors (Lipinski definition) is 2. The minimum absolute atomic E-state index is 0. The summed E-state index contributed by atoms with van der Waals surface area (Å²) in [6.07, 6.45) is 4.50. The molecule has 1 aliphatic heterocycles. The summed E-state index contributed by atoms with van der Waals surface area (Å²) >= 11 is 0. The average Bonchev–Trinajstić information content (AvgIpc) is 2.46. The normalized spacial score (nSPS) is 14.6. The monoisotopic (exact) mass is 355 g/mol. The maximum atomic E-state index is 12.1. The van der Waals surface area contributed by atoms with E-state index in [1.54, 1.807) is 11.8 Å². The van der Waals surface area contributed by atoms with Crippen LogP contribution >= 0.6 is 0 Å². The van der Waals surface area contributed by atoms with Gasteiger partial charge in [0.1, 0.15) is 0 Å². The number of aryl methyl sites for hydroxylation is 2. The van der Waals surface area contributed by atoms with Crippen LogP contribution in [0.4, 0.5) is 0 Å². The first-order valence-corrected chi connectivity index (χ1v) is 7.05. The molecule has 0 aliphatic carbocycles. The maximum Gasteiger partial charge on any atom is 0.229 e. The van der Waals surface area contributed by atoms with E-state index in [-0.39, 0.29) is 28.8 Å². The molecule has 0 saturated carbocycles. The third-order valence-electron chi connectivity index (χ3n) is 3.72. The summed E-state index contributed by atoms with van der Waals surface area (Å²) in [4.78, 5) is 27.0. The second kappa shape index (κ2) is 8.12. The molecule has 116 valence electrons. The van der Waals surface area contributed by atoms with Crippen LogP contribution in [0, 0.1) is 6.92 Å². The number of amides is 2. The van der Waals surface area contributed by atoms with E-state index in [0.717, 1.165) is 0 Å². The van der Waals surface area contributed by atoms with Crippen LogP contribution in [-0.4, -0.2) is 47.8 Å². The molecule has 2 heterocycles. The topological polar surface area (TPSA) is 44.5 Å². The van der Waals surface area contributed by atoms with Crippen LogP contribution in [-0.2, 0) is 16.1 Å². The van der Waals surface area contributed by atoms with Crippen LogP contribution in [0.1, 0.15) is 18.9 Å². The van der Waals surface area contributed by atoms with E-state index in [0.29, 0.717) is 39.1 Å². The molecule has 0 N–H and O–H groups in total. The van der Waals surface area contributed by atoms with Crippen molar-refractivity contribution >= 4 is 11.8 Å². The first-order chi connectivity index (χ1) is 9.56. The van der Waals surface area contributed by atoms with Gasteiger partial charge in [-0.05, 0) is 12.5 Å². The maximum absolute atomic E-state index is 12.1. The average molecular weight is 356 g/mol. The molecule has 0 unspecified atom stereocenters. The van der Waals surface area contributed by atoms with Crippen molar-refractivity contribution in [1.29, 1.82) is 0 Å². The number of carbonyl (C=O) groups is 2. The molecule has 1 fully saturated rings. The van der Waals surface area contributed by atoms with Gasteiger partial charge in [0.2, 0.25) is 11.8 Å². The molecular formula is C15H22BrN3O2. The predicted octanol–water partition coefficient (Wildman–Crippen LogP) is -2.63. The van der Waals surface area contributed by atoms with E-state index < -0.39 is 0 Å². The summed E-state index contributed by atoms with van der Waals surface area (Å²) in [5, 5.41) is 0. The zero-order valence-corrected chi connectivity index (χ0v) is 14.2. The molecule has 0 bridgehead atoms. The van der Waals surface area contributed by atoms with E-state index in [9.17, 15) is 9.59 Å². The SMILES string of the molecule is CC(=O)N1CCN(C(=O)CC[n+]2ccc(C)cc2)CC1.[Br-]. The molecule has 1 aromatic rings. The van der Waals surface area contributed by atoms with Gasteiger partial charge in [0.05, 0.1) is 6.42 Å². The Morgan fingerprint density at radius 3 is 2.14 bits per heavy atom. The van der Waals surface area contributed by atoms with Gasteiger partial charge >= 0.3 is 0 Å². The van der Waals surface area contributed by atoms with Crippen molar-refractivity contribution in [3.05, 3.63) is 30.1 Å².